The number of benzene rings is 1. The third kappa shape index (κ3) is 5.23. The molecule has 2 amide bonds. The molecular weight excluding hydrogens is 367 g/mol. The quantitative estimate of drug-likeness (QED) is 0.506. The summed E-state index contributed by atoms with van der Waals surface area (Å²) in [6, 6.07) is 5.96. The molecule has 0 bridgehead atoms. The molecule has 0 aliphatic heterocycles. The van der Waals surface area contributed by atoms with Crippen molar-refractivity contribution in [3.8, 4) is 5.69 Å². The average molecular weight is 383 g/mol. The number of halogens is 2. The Morgan fingerprint density at radius 2 is 2.04 bits per heavy atom. The average Bonchev–Trinajstić information content (AvgIpc) is 2.91. The Bertz CT molecular complexity index is 857. The van der Waals surface area contributed by atoms with Crippen molar-refractivity contribution in [1.29, 1.82) is 0 Å². The van der Waals surface area contributed by atoms with E-state index < -0.39 is 0 Å². The first-order valence-electron chi connectivity index (χ1n) is 7.38. The van der Waals surface area contributed by atoms with E-state index in [4.69, 9.17) is 23.2 Å². The molecule has 0 atom stereocenters. The van der Waals surface area contributed by atoms with Crippen LogP contribution in [0.4, 0.5) is 5.82 Å². The maximum atomic E-state index is 12.1. The zero-order chi connectivity index (χ0) is 18.4. The van der Waals surface area contributed by atoms with Crippen molar-refractivity contribution in [2.24, 2.45) is 0 Å². The van der Waals surface area contributed by atoms with Gasteiger partial charge in [-0.15, -0.1) is 0 Å². The first-order chi connectivity index (χ1) is 11.9. The van der Waals surface area contributed by atoms with Gasteiger partial charge >= 0.3 is 0 Å². The fourth-order valence-corrected chi connectivity index (χ4v) is 2.54. The van der Waals surface area contributed by atoms with Crippen LogP contribution in [0.1, 0.15) is 12.8 Å². The number of rotatable bonds is 7. The lowest BCUT2D eigenvalue weighted by atomic mass is 10.3. The summed E-state index contributed by atoms with van der Waals surface area (Å²) >= 11 is 11.9. The van der Waals surface area contributed by atoms with Crippen molar-refractivity contribution in [2.75, 3.05) is 11.9 Å². The highest BCUT2D eigenvalue weighted by Crippen LogP contribution is 2.23. The monoisotopic (exact) mass is 382 g/mol. The lowest BCUT2D eigenvalue weighted by Gasteiger charge is -2.06. The van der Waals surface area contributed by atoms with Crippen molar-refractivity contribution in [3.63, 3.8) is 0 Å². The molecule has 7 nitrogen and oxygen atoms in total. The molecule has 0 radical (unpaired) electrons. The summed E-state index contributed by atoms with van der Waals surface area (Å²) < 4.78 is 1.21. The number of aromatic nitrogens is 2. The minimum absolute atomic E-state index is 0.187. The Balaban J connectivity index is 1.98. The molecule has 0 spiro atoms. The van der Waals surface area contributed by atoms with Gasteiger partial charge in [0.2, 0.25) is 11.8 Å². The number of anilines is 1. The Kier molecular flexibility index (Phi) is 6.44. The summed E-state index contributed by atoms with van der Waals surface area (Å²) in [6.45, 7) is 3.69. The van der Waals surface area contributed by atoms with Gasteiger partial charge in [-0.1, -0.05) is 29.8 Å². The number of amides is 2. The number of hydrogen-bond acceptors (Lipinski definition) is 3. The number of carbonyl (C=O) groups excluding carboxylic acids is 2. The van der Waals surface area contributed by atoms with Crippen LogP contribution >= 0.6 is 23.2 Å². The molecule has 2 aromatic rings. The molecule has 9 heteroatoms. The Morgan fingerprint density at radius 1 is 1.28 bits per heavy atom. The molecule has 0 unspecified atom stereocenters. The van der Waals surface area contributed by atoms with Crippen LogP contribution < -0.4 is 16.2 Å². The Labute approximate surface area is 153 Å². The van der Waals surface area contributed by atoms with E-state index >= 15 is 0 Å². The summed E-state index contributed by atoms with van der Waals surface area (Å²) in [5.74, 6) is -0.332. The third-order valence-corrected chi connectivity index (χ3v) is 3.75. The first kappa shape index (κ1) is 18.8. The zero-order valence-corrected chi connectivity index (χ0v) is 14.7. The van der Waals surface area contributed by atoms with Gasteiger partial charge in [0, 0.05) is 24.1 Å². The van der Waals surface area contributed by atoms with Gasteiger partial charge in [-0.05, 0) is 30.7 Å². The lowest BCUT2D eigenvalue weighted by Crippen LogP contribution is -2.23. The van der Waals surface area contributed by atoms with E-state index in [1.807, 2.05) is 0 Å². The summed E-state index contributed by atoms with van der Waals surface area (Å²) in [5, 5.41) is 8.68. The summed E-state index contributed by atoms with van der Waals surface area (Å²) in [5.41, 5.74) is 0.0430. The second-order valence-corrected chi connectivity index (χ2v) is 5.93. The molecule has 2 rings (SSSR count). The summed E-state index contributed by atoms with van der Waals surface area (Å²) in [4.78, 5) is 34.9. The number of nitrogens with zero attached hydrogens (tertiary/aromatic N) is 1. The van der Waals surface area contributed by atoms with Crippen LogP contribution in [0, 0.1) is 0 Å². The highest BCUT2D eigenvalue weighted by Gasteiger charge is 2.11. The molecule has 0 aliphatic rings. The smallest absolute Gasteiger partial charge is 0.273 e. The van der Waals surface area contributed by atoms with E-state index in [1.54, 1.807) is 12.1 Å². The molecule has 25 heavy (non-hydrogen) atoms. The maximum Gasteiger partial charge on any atom is 0.273 e. The molecule has 0 saturated carbocycles. The minimum Gasteiger partial charge on any atom is -0.353 e. The SMILES string of the molecule is C=CC(=O)NCCCC(=O)Nc1cc(=O)n(-c2ccc(Cl)cc2Cl)[nH]1. The summed E-state index contributed by atoms with van der Waals surface area (Å²) in [7, 11) is 0. The number of aromatic amines is 1. The van der Waals surface area contributed by atoms with Crippen LogP contribution in [0.5, 0.6) is 0 Å². The molecule has 0 aliphatic carbocycles. The van der Waals surface area contributed by atoms with Crippen LogP contribution in [0.2, 0.25) is 10.0 Å². The van der Waals surface area contributed by atoms with Gasteiger partial charge in [0.1, 0.15) is 5.82 Å². The van der Waals surface area contributed by atoms with Crippen molar-refractivity contribution >= 4 is 40.8 Å². The third-order valence-electron chi connectivity index (χ3n) is 3.21. The van der Waals surface area contributed by atoms with Crippen molar-refractivity contribution in [2.45, 2.75) is 12.8 Å². The van der Waals surface area contributed by atoms with Gasteiger partial charge in [0.05, 0.1) is 10.7 Å². The fourth-order valence-electron chi connectivity index (χ4n) is 2.05. The number of hydrogen-bond donors (Lipinski definition) is 3. The van der Waals surface area contributed by atoms with Crippen LogP contribution in [0.15, 0.2) is 41.7 Å². The molecular formula is C16H16Cl2N4O3. The van der Waals surface area contributed by atoms with E-state index in [-0.39, 0.29) is 29.6 Å². The van der Waals surface area contributed by atoms with Gasteiger partial charge in [-0.25, -0.2) is 4.68 Å². The minimum atomic E-state index is -0.377. The Morgan fingerprint density at radius 3 is 2.72 bits per heavy atom. The van der Waals surface area contributed by atoms with Crippen molar-refractivity contribution < 1.29 is 9.59 Å². The molecule has 0 fully saturated rings. The van der Waals surface area contributed by atoms with Crippen LogP contribution in [-0.2, 0) is 9.59 Å². The standard InChI is InChI=1S/C16H16Cl2N4O3/c1-2-14(23)19-7-3-4-15(24)20-13-9-16(25)22(21-13)12-6-5-10(17)8-11(12)18/h2,5-6,8-9,21H,1,3-4,7H2,(H,19,23)(H,20,24). The van der Waals surface area contributed by atoms with Gasteiger partial charge in [-0.2, -0.15) is 0 Å². The van der Waals surface area contributed by atoms with E-state index in [0.717, 1.165) is 6.08 Å². The molecule has 1 heterocycles. The Hall–Kier alpha value is -2.51. The maximum absolute atomic E-state index is 12.1. The predicted molar refractivity (Wildman–Crippen MR) is 97.5 cm³/mol. The zero-order valence-electron chi connectivity index (χ0n) is 13.1. The molecule has 1 aromatic heterocycles. The largest absolute Gasteiger partial charge is 0.353 e. The van der Waals surface area contributed by atoms with Crippen molar-refractivity contribution in [3.05, 3.63) is 57.3 Å². The normalized spacial score (nSPS) is 10.3. The second-order valence-electron chi connectivity index (χ2n) is 5.09. The van der Waals surface area contributed by atoms with E-state index in [0.29, 0.717) is 28.7 Å². The van der Waals surface area contributed by atoms with Crippen LogP contribution in [0.3, 0.4) is 0 Å². The van der Waals surface area contributed by atoms with Gasteiger partial charge in [0.25, 0.3) is 5.56 Å². The number of nitrogens with one attached hydrogen (secondary N) is 3. The van der Waals surface area contributed by atoms with E-state index in [2.05, 4.69) is 22.3 Å². The highest BCUT2D eigenvalue weighted by molar-refractivity contribution is 6.35. The van der Waals surface area contributed by atoms with E-state index in [9.17, 15) is 14.4 Å². The molecule has 3 N–H and O–H groups in total. The van der Waals surface area contributed by atoms with E-state index in [1.165, 1.54) is 16.8 Å². The molecule has 132 valence electrons. The summed E-state index contributed by atoms with van der Waals surface area (Å²) in [6.07, 6.45) is 1.81. The second kappa shape index (κ2) is 8.55. The van der Waals surface area contributed by atoms with Crippen LogP contribution in [-0.4, -0.2) is 28.1 Å². The number of H-pyrrole nitrogens is 1. The van der Waals surface area contributed by atoms with Crippen molar-refractivity contribution in [1.82, 2.24) is 15.1 Å². The topological polar surface area (TPSA) is 96.0 Å². The fraction of sp³-hybridized carbons (Fsp3) is 0.188. The molecule has 0 saturated heterocycles. The predicted octanol–water partition coefficient (Wildman–Crippen LogP) is 2.49. The van der Waals surface area contributed by atoms with Gasteiger partial charge in [0.15, 0.2) is 0 Å². The number of carbonyl (C=O) groups is 2. The van der Waals surface area contributed by atoms with Gasteiger partial charge in [-0.3, -0.25) is 19.5 Å². The van der Waals surface area contributed by atoms with Gasteiger partial charge < -0.3 is 10.6 Å². The van der Waals surface area contributed by atoms with Crippen LogP contribution in [0.25, 0.3) is 5.69 Å². The lowest BCUT2D eigenvalue weighted by molar-refractivity contribution is -0.118. The highest BCUT2D eigenvalue weighted by atomic mass is 35.5. The molecule has 1 aromatic carbocycles. The first-order valence-corrected chi connectivity index (χ1v) is 8.14.